The number of methoxy groups -OCH3 is 1. The first-order chi connectivity index (χ1) is 12.5. The van der Waals surface area contributed by atoms with Crippen molar-refractivity contribution in [1.82, 2.24) is 9.97 Å². The number of piperidine rings is 1. The number of aryl methyl sites for hydroxylation is 2. The summed E-state index contributed by atoms with van der Waals surface area (Å²) in [5.41, 5.74) is 1.78. The Morgan fingerprint density at radius 1 is 1.23 bits per heavy atom. The standard InChI is InChI=1S/C18H23N5O3/c1-12-10-18(20-13(2)19-12)22-8-6-14(7-9-22)21-15-4-5-16(23(24)25)17(11-15)26-3/h4-5,10-11,14,21H,6-9H2,1-3H3. The van der Waals surface area contributed by atoms with Gasteiger partial charge in [-0.15, -0.1) is 0 Å². The molecule has 1 aliphatic rings. The van der Waals surface area contributed by atoms with Crippen molar-refractivity contribution in [1.29, 1.82) is 0 Å². The quantitative estimate of drug-likeness (QED) is 0.649. The van der Waals surface area contributed by atoms with Crippen LogP contribution < -0.4 is 15.0 Å². The fourth-order valence-corrected chi connectivity index (χ4v) is 3.27. The van der Waals surface area contributed by atoms with Gasteiger partial charge in [-0.05, 0) is 32.8 Å². The van der Waals surface area contributed by atoms with Gasteiger partial charge in [0.15, 0.2) is 5.75 Å². The topological polar surface area (TPSA) is 93.4 Å². The van der Waals surface area contributed by atoms with Crippen LogP contribution in [-0.2, 0) is 0 Å². The predicted molar refractivity (Wildman–Crippen MR) is 100 cm³/mol. The van der Waals surface area contributed by atoms with E-state index >= 15 is 0 Å². The summed E-state index contributed by atoms with van der Waals surface area (Å²) in [5.74, 6) is 2.04. The second kappa shape index (κ2) is 7.55. The maximum atomic E-state index is 11.0. The Morgan fingerprint density at radius 3 is 2.58 bits per heavy atom. The van der Waals surface area contributed by atoms with Gasteiger partial charge in [0, 0.05) is 48.7 Å². The maximum Gasteiger partial charge on any atom is 0.311 e. The highest BCUT2D eigenvalue weighted by Gasteiger charge is 2.22. The molecule has 8 heteroatoms. The number of benzene rings is 1. The van der Waals surface area contributed by atoms with E-state index in [2.05, 4.69) is 20.2 Å². The number of anilines is 2. The molecule has 1 N–H and O–H groups in total. The Balaban J connectivity index is 1.63. The van der Waals surface area contributed by atoms with Gasteiger partial charge < -0.3 is 15.0 Å². The summed E-state index contributed by atoms with van der Waals surface area (Å²) in [6, 6.07) is 7.21. The Morgan fingerprint density at radius 2 is 1.96 bits per heavy atom. The van der Waals surface area contributed by atoms with Gasteiger partial charge in [-0.1, -0.05) is 0 Å². The van der Waals surface area contributed by atoms with E-state index in [0.29, 0.717) is 6.04 Å². The molecular weight excluding hydrogens is 334 g/mol. The zero-order valence-electron chi connectivity index (χ0n) is 15.2. The molecule has 1 fully saturated rings. The van der Waals surface area contributed by atoms with Gasteiger partial charge in [0.25, 0.3) is 0 Å². The van der Waals surface area contributed by atoms with Crippen LogP contribution in [0.15, 0.2) is 24.3 Å². The number of rotatable bonds is 5. The minimum absolute atomic E-state index is 0.0256. The second-order valence-corrected chi connectivity index (χ2v) is 6.46. The molecule has 8 nitrogen and oxygen atoms in total. The molecule has 0 bridgehead atoms. The number of nitrogens with zero attached hydrogens (tertiary/aromatic N) is 4. The number of nitrogens with one attached hydrogen (secondary N) is 1. The summed E-state index contributed by atoms with van der Waals surface area (Å²) >= 11 is 0. The van der Waals surface area contributed by atoms with E-state index in [9.17, 15) is 10.1 Å². The lowest BCUT2D eigenvalue weighted by Crippen LogP contribution is -2.39. The molecule has 1 aliphatic heterocycles. The van der Waals surface area contributed by atoms with Crippen LogP contribution in [0.25, 0.3) is 0 Å². The van der Waals surface area contributed by atoms with Crippen LogP contribution >= 0.6 is 0 Å². The van der Waals surface area contributed by atoms with Crippen LogP contribution in [0.4, 0.5) is 17.2 Å². The van der Waals surface area contributed by atoms with Crippen molar-refractivity contribution >= 4 is 17.2 Å². The first kappa shape index (κ1) is 17.9. The van der Waals surface area contributed by atoms with Crippen molar-refractivity contribution in [3.8, 4) is 5.75 Å². The lowest BCUT2D eigenvalue weighted by Gasteiger charge is -2.33. The van der Waals surface area contributed by atoms with E-state index in [-0.39, 0.29) is 11.4 Å². The fourth-order valence-electron chi connectivity index (χ4n) is 3.27. The minimum atomic E-state index is -0.438. The summed E-state index contributed by atoms with van der Waals surface area (Å²) in [4.78, 5) is 21.7. The average Bonchev–Trinajstić information content (AvgIpc) is 2.61. The fraction of sp³-hybridized carbons (Fsp3) is 0.444. The first-order valence-electron chi connectivity index (χ1n) is 8.62. The molecule has 2 aromatic rings. The highest BCUT2D eigenvalue weighted by molar-refractivity contribution is 5.58. The van der Waals surface area contributed by atoms with Gasteiger partial charge in [-0.3, -0.25) is 10.1 Å². The molecule has 0 aliphatic carbocycles. The molecule has 1 saturated heterocycles. The summed E-state index contributed by atoms with van der Waals surface area (Å²) in [7, 11) is 1.44. The van der Waals surface area contributed by atoms with E-state index in [1.807, 2.05) is 19.9 Å². The van der Waals surface area contributed by atoms with Gasteiger partial charge >= 0.3 is 5.69 Å². The Labute approximate surface area is 152 Å². The minimum Gasteiger partial charge on any atom is -0.490 e. The average molecular weight is 357 g/mol. The number of nitro groups is 1. The monoisotopic (exact) mass is 357 g/mol. The van der Waals surface area contributed by atoms with E-state index in [1.54, 1.807) is 12.1 Å². The smallest absolute Gasteiger partial charge is 0.311 e. The van der Waals surface area contributed by atoms with Crippen molar-refractivity contribution in [2.24, 2.45) is 0 Å². The molecule has 0 radical (unpaired) electrons. The van der Waals surface area contributed by atoms with E-state index in [0.717, 1.165) is 49.0 Å². The van der Waals surface area contributed by atoms with Crippen LogP contribution in [0.1, 0.15) is 24.4 Å². The molecular formula is C18H23N5O3. The van der Waals surface area contributed by atoms with Crippen molar-refractivity contribution in [2.45, 2.75) is 32.7 Å². The number of aromatic nitrogens is 2. The molecule has 1 aromatic heterocycles. The molecule has 3 rings (SSSR count). The zero-order chi connectivity index (χ0) is 18.7. The van der Waals surface area contributed by atoms with E-state index in [1.165, 1.54) is 13.2 Å². The number of hydrogen-bond acceptors (Lipinski definition) is 7. The SMILES string of the molecule is COc1cc(NC2CCN(c3cc(C)nc(C)n3)CC2)ccc1[N+](=O)[O-]. The number of hydrogen-bond donors (Lipinski definition) is 1. The van der Waals surface area contributed by atoms with Gasteiger partial charge in [0.05, 0.1) is 12.0 Å². The highest BCUT2D eigenvalue weighted by Crippen LogP contribution is 2.30. The van der Waals surface area contributed by atoms with Crippen LogP contribution in [-0.4, -0.2) is 41.1 Å². The lowest BCUT2D eigenvalue weighted by molar-refractivity contribution is -0.385. The molecule has 26 heavy (non-hydrogen) atoms. The van der Waals surface area contributed by atoms with E-state index in [4.69, 9.17) is 4.74 Å². The van der Waals surface area contributed by atoms with Crippen LogP contribution in [0, 0.1) is 24.0 Å². The van der Waals surface area contributed by atoms with E-state index < -0.39 is 4.92 Å². The molecule has 0 atom stereocenters. The maximum absolute atomic E-state index is 11.0. The van der Waals surface area contributed by atoms with Gasteiger partial charge in [-0.25, -0.2) is 9.97 Å². The van der Waals surface area contributed by atoms with Gasteiger partial charge in [0.2, 0.25) is 0 Å². The summed E-state index contributed by atoms with van der Waals surface area (Å²) in [6.07, 6.45) is 1.92. The molecule has 1 aromatic carbocycles. The molecule has 0 spiro atoms. The second-order valence-electron chi connectivity index (χ2n) is 6.46. The summed E-state index contributed by atoms with van der Waals surface area (Å²) in [5, 5.41) is 14.4. The largest absolute Gasteiger partial charge is 0.490 e. The Kier molecular flexibility index (Phi) is 5.20. The van der Waals surface area contributed by atoms with Gasteiger partial charge in [-0.2, -0.15) is 0 Å². The van der Waals surface area contributed by atoms with Crippen LogP contribution in [0.5, 0.6) is 5.75 Å². The predicted octanol–water partition coefficient (Wildman–Crippen LogP) is 3.09. The highest BCUT2D eigenvalue weighted by atomic mass is 16.6. The van der Waals surface area contributed by atoms with Crippen LogP contribution in [0.2, 0.25) is 0 Å². The molecule has 0 saturated carbocycles. The van der Waals surface area contributed by atoms with Crippen molar-refractivity contribution in [3.63, 3.8) is 0 Å². The summed E-state index contributed by atoms with van der Waals surface area (Å²) in [6.45, 7) is 5.69. The molecule has 2 heterocycles. The number of nitro benzene ring substituents is 1. The third kappa shape index (κ3) is 4.01. The van der Waals surface area contributed by atoms with Crippen molar-refractivity contribution < 1.29 is 9.66 Å². The summed E-state index contributed by atoms with van der Waals surface area (Å²) < 4.78 is 5.13. The van der Waals surface area contributed by atoms with Crippen molar-refractivity contribution in [3.05, 3.63) is 45.9 Å². The molecule has 0 unspecified atom stereocenters. The molecule has 0 amide bonds. The normalized spacial score (nSPS) is 15.0. The first-order valence-corrected chi connectivity index (χ1v) is 8.62. The molecule has 138 valence electrons. The third-order valence-electron chi connectivity index (χ3n) is 4.52. The zero-order valence-corrected chi connectivity index (χ0v) is 15.2. The third-order valence-corrected chi connectivity index (χ3v) is 4.52. The van der Waals surface area contributed by atoms with Gasteiger partial charge in [0.1, 0.15) is 11.6 Å². The number of ether oxygens (including phenoxy) is 1. The van der Waals surface area contributed by atoms with Crippen molar-refractivity contribution in [2.75, 3.05) is 30.4 Å². The Bertz CT molecular complexity index is 783. The lowest BCUT2D eigenvalue weighted by atomic mass is 10.0. The van der Waals surface area contributed by atoms with Crippen LogP contribution in [0.3, 0.4) is 0 Å². The Hall–Kier alpha value is -2.90.